The van der Waals surface area contributed by atoms with Gasteiger partial charge < -0.3 is 19.8 Å². The van der Waals surface area contributed by atoms with Crippen LogP contribution in [0.1, 0.15) is 22.0 Å². The molecule has 0 aliphatic heterocycles. The molecule has 0 saturated carbocycles. The van der Waals surface area contributed by atoms with E-state index in [1.165, 1.54) is 29.8 Å². The molecule has 9 heteroatoms. The zero-order chi connectivity index (χ0) is 24.9. The van der Waals surface area contributed by atoms with Gasteiger partial charge in [-0.3, -0.25) is 0 Å². The van der Waals surface area contributed by atoms with Crippen molar-refractivity contribution in [3.63, 3.8) is 0 Å². The number of nitrogens with one attached hydrogen (secondary N) is 2. The quantitative estimate of drug-likeness (QED) is 0.239. The van der Waals surface area contributed by atoms with E-state index in [0.29, 0.717) is 28.9 Å². The van der Waals surface area contributed by atoms with Crippen molar-refractivity contribution < 1.29 is 13.5 Å². The molecule has 0 bridgehead atoms. The third-order valence-electron chi connectivity index (χ3n) is 5.11. The number of fused-ring (bicyclic) bond motifs is 1. The molecular weight excluding hydrogens is 499 g/mol. The van der Waals surface area contributed by atoms with Gasteiger partial charge in [-0.15, -0.1) is 11.3 Å². The highest BCUT2D eigenvalue weighted by Gasteiger charge is 2.10. The molecule has 2 N–H and O–H groups in total. The van der Waals surface area contributed by atoms with E-state index < -0.39 is 0 Å². The molecule has 0 amide bonds. The minimum Gasteiger partial charge on any atom is -0.487 e. The average Bonchev–Trinajstić information content (AvgIpc) is 3.50. The highest BCUT2D eigenvalue weighted by atomic mass is 35.5. The Hall–Kier alpha value is -3.90. The van der Waals surface area contributed by atoms with Gasteiger partial charge in [0.25, 0.3) is 0 Å². The van der Waals surface area contributed by atoms with Gasteiger partial charge in [-0.2, -0.15) is 0 Å². The van der Waals surface area contributed by atoms with Gasteiger partial charge in [0.05, 0.1) is 26.7 Å². The topological polar surface area (TPSA) is 72.2 Å². The molecule has 5 rings (SSSR count). The maximum atomic E-state index is 13.4. The maximum absolute atomic E-state index is 13.4. The van der Waals surface area contributed by atoms with Crippen LogP contribution in [0.25, 0.3) is 10.2 Å². The lowest BCUT2D eigenvalue weighted by Crippen LogP contribution is -2.03. The second-order valence-corrected chi connectivity index (χ2v) is 9.24. The first-order chi connectivity index (χ1) is 17.6. The molecule has 0 aliphatic carbocycles. The van der Waals surface area contributed by atoms with Gasteiger partial charge in [-0.1, -0.05) is 23.7 Å². The maximum Gasteiger partial charge on any atom is 0.177 e. The van der Waals surface area contributed by atoms with Crippen LogP contribution in [0, 0.1) is 17.7 Å². The van der Waals surface area contributed by atoms with Crippen molar-refractivity contribution in [2.45, 2.75) is 13.2 Å². The van der Waals surface area contributed by atoms with Crippen LogP contribution in [0.5, 0.6) is 5.75 Å². The van der Waals surface area contributed by atoms with Crippen LogP contribution in [0.3, 0.4) is 0 Å². The summed E-state index contributed by atoms with van der Waals surface area (Å²) in [4.78, 5) is 9.61. The van der Waals surface area contributed by atoms with Gasteiger partial charge in [0.2, 0.25) is 0 Å². The van der Waals surface area contributed by atoms with Crippen molar-refractivity contribution in [2.24, 2.45) is 0 Å². The predicted molar refractivity (Wildman–Crippen MR) is 140 cm³/mol. The molecule has 0 saturated heterocycles. The van der Waals surface area contributed by atoms with Crippen molar-refractivity contribution in [1.82, 2.24) is 15.3 Å². The van der Waals surface area contributed by atoms with E-state index >= 15 is 0 Å². The van der Waals surface area contributed by atoms with E-state index in [1.807, 2.05) is 31.3 Å². The van der Waals surface area contributed by atoms with Crippen LogP contribution in [0.15, 0.2) is 71.4 Å². The molecule has 0 radical (unpaired) electrons. The Labute approximate surface area is 216 Å². The number of furan rings is 1. The fraction of sp³-hybridized carbons (Fsp3) is 0.111. The van der Waals surface area contributed by atoms with Crippen molar-refractivity contribution in [2.75, 3.05) is 12.4 Å². The van der Waals surface area contributed by atoms with E-state index in [9.17, 15) is 4.39 Å². The molecule has 0 aliphatic rings. The zero-order valence-electron chi connectivity index (χ0n) is 19.1. The summed E-state index contributed by atoms with van der Waals surface area (Å²) >= 11 is 7.93. The number of hydrogen-bond donors (Lipinski definition) is 2. The lowest BCUT2D eigenvalue weighted by molar-refractivity contribution is 0.306. The van der Waals surface area contributed by atoms with E-state index in [4.69, 9.17) is 20.8 Å². The number of thiophene rings is 1. The van der Waals surface area contributed by atoms with Crippen molar-refractivity contribution in [3.05, 3.63) is 99.8 Å². The number of benzene rings is 2. The first-order valence-electron chi connectivity index (χ1n) is 11.0. The smallest absolute Gasteiger partial charge is 0.177 e. The summed E-state index contributed by atoms with van der Waals surface area (Å²) in [5.41, 5.74) is 2.25. The Morgan fingerprint density at radius 2 is 2.00 bits per heavy atom. The number of hydrogen-bond acceptors (Lipinski definition) is 7. The van der Waals surface area contributed by atoms with Gasteiger partial charge in [0.1, 0.15) is 30.3 Å². The van der Waals surface area contributed by atoms with Crippen LogP contribution in [-0.2, 0) is 13.2 Å². The molecule has 6 nitrogen and oxygen atoms in total. The molecular formula is C27H20ClFN4O2S. The normalized spacial score (nSPS) is 10.8. The van der Waals surface area contributed by atoms with Gasteiger partial charge >= 0.3 is 0 Å². The fourth-order valence-electron chi connectivity index (χ4n) is 3.46. The van der Waals surface area contributed by atoms with Crippen LogP contribution in [0.2, 0.25) is 5.02 Å². The van der Waals surface area contributed by atoms with Crippen molar-refractivity contribution in [1.29, 1.82) is 0 Å². The molecule has 36 heavy (non-hydrogen) atoms. The van der Waals surface area contributed by atoms with Crippen LogP contribution >= 0.6 is 22.9 Å². The van der Waals surface area contributed by atoms with E-state index in [-0.39, 0.29) is 12.4 Å². The summed E-state index contributed by atoms with van der Waals surface area (Å²) in [5, 5.41) is 6.77. The molecule has 2 aromatic carbocycles. The first-order valence-corrected chi connectivity index (χ1v) is 12.2. The van der Waals surface area contributed by atoms with Crippen LogP contribution in [-0.4, -0.2) is 17.0 Å². The average molecular weight is 519 g/mol. The second-order valence-electron chi connectivity index (χ2n) is 7.78. The number of anilines is 2. The van der Waals surface area contributed by atoms with Gasteiger partial charge in [-0.25, -0.2) is 14.4 Å². The minimum atomic E-state index is -0.305. The summed E-state index contributed by atoms with van der Waals surface area (Å²) in [6, 6.07) is 17.3. The molecule has 0 spiro atoms. The molecule has 0 fully saturated rings. The van der Waals surface area contributed by atoms with Crippen LogP contribution in [0.4, 0.5) is 15.9 Å². The fourth-order valence-corrected chi connectivity index (χ4v) is 4.61. The number of halogens is 2. The largest absolute Gasteiger partial charge is 0.487 e. The number of nitrogens with zero attached hydrogens (tertiary/aromatic N) is 2. The van der Waals surface area contributed by atoms with Gasteiger partial charge in [-0.05, 0) is 73.0 Å². The lowest BCUT2D eigenvalue weighted by atomic mass is 10.2. The van der Waals surface area contributed by atoms with Crippen molar-refractivity contribution >= 4 is 44.7 Å². The highest BCUT2D eigenvalue weighted by Crippen LogP contribution is 2.33. The van der Waals surface area contributed by atoms with Gasteiger partial charge in [0, 0.05) is 5.69 Å². The first kappa shape index (κ1) is 23.8. The second kappa shape index (κ2) is 10.8. The van der Waals surface area contributed by atoms with Crippen molar-refractivity contribution in [3.8, 4) is 17.6 Å². The predicted octanol–water partition coefficient (Wildman–Crippen LogP) is 6.52. The molecule has 0 atom stereocenters. The third-order valence-corrected chi connectivity index (χ3v) is 6.45. The Bertz CT molecular complexity index is 1590. The van der Waals surface area contributed by atoms with E-state index in [0.717, 1.165) is 32.1 Å². The Morgan fingerprint density at radius 3 is 2.83 bits per heavy atom. The summed E-state index contributed by atoms with van der Waals surface area (Å²) < 4.78 is 25.7. The summed E-state index contributed by atoms with van der Waals surface area (Å²) in [6.07, 6.45) is 1.50. The molecule has 5 aromatic rings. The van der Waals surface area contributed by atoms with E-state index in [1.54, 1.807) is 24.3 Å². The van der Waals surface area contributed by atoms with E-state index in [2.05, 4.69) is 32.4 Å². The highest BCUT2D eigenvalue weighted by molar-refractivity contribution is 7.20. The summed E-state index contributed by atoms with van der Waals surface area (Å²) in [6.45, 7) is 0.865. The molecule has 3 aromatic heterocycles. The third kappa shape index (κ3) is 5.66. The number of ether oxygens (including phenoxy) is 1. The Kier molecular flexibility index (Phi) is 7.14. The van der Waals surface area contributed by atoms with Crippen LogP contribution < -0.4 is 15.4 Å². The minimum absolute atomic E-state index is 0.213. The Morgan fingerprint density at radius 1 is 1.08 bits per heavy atom. The summed E-state index contributed by atoms with van der Waals surface area (Å²) in [7, 11) is 1.86. The molecule has 0 unspecified atom stereocenters. The number of aromatic nitrogens is 2. The monoisotopic (exact) mass is 518 g/mol. The SMILES string of the molecule is CNCc1ccc(C#Cc2cc3ncnc(Nc4ccc(OCc5cccc(F)c5)c(Cl)c4)c3s2)o1. The summed E-state index contributed by atoms with van der Waals surface area (Å²) in [5.74, 6) is 8.49. The standard InChI is InChI=1S/C27H20ClFN4O2S/c1-30-14-21-7-6-20(35-21)8-9-22-13-24-26(36-22)27(32-16-31-24)33-19-5-10-25(23(28)12-19)34-15-17-3-2-4-18(29)11-17/h2-7,10-13,16,30H,14-15H2,1H3,(H,31,32,33). The zero-order valence-corrected chi connectivity index (χ0v) is 20.7. The Balaban J connectivity index is 1.31. The number of rotatable bonds is 7. The van der Waals surface area contributed by atoms with Gasteiger partial charge in [0.15, 0.2) is 11.6 Å². The molecule has 3 heterocycles. The molecule has 180 valence electrons. The lowest BCUT2D eigenvalue weighted by Gasteiger charge is -2.11.